The Morgan fingerprint density at radius 3 is 2.43 bits per heavy atom. The number of amides is 1. The van der Waals surface area contributed by atoms with E-state index >= 15 is 0 Å². The molecule has 21 heavy (non-hydrogen) atoms. The van der Waals surface area contributed by atoms with Gasteiger partial charge in [-0.3, -0.25) is 9.59 Å². The average Bonchev–Trinajstić information content (AvgIpc) is 2.35. The van der Waals surface area contributed by atoms with Crippen LogP contribution in [0.4, 0.5) is 4.39 Å². The maximum absolute atomic E-state index is 13.2. The number of hydrogen-bond acceptors (Lipinski definition) is 3. The lowest BCUT2D eigenvalue weighted by Crippen LogP contribution is -2.40. The highest BCUT2D eigenvalue weighted by atomic mass is 19.1. The molecule has 1 amide bonds. The molecule has 3 N–H and O–H groups in total. The summed E-state index contributed by atoms with van der Waals surface area (Å²) in [5, 5.41) is 19.8. The molecule has 1 aromatic carbocycles. The van der Waals surface area contributed by atoms with Gasteiger partial charge >= 0.3 is 11.9 Å². The standard InChI is InChI=1S/C14H16FNO5/c1-8-5-9(7-10(15)6-8)13(19)16-11(14(20)21)3-2-4-12(17)18/h5-7,11H,2-4H2,1H3,(H,16,19)(H,17,18)(H,20,21)/t11-/m1/s1. The summed E-state index contributed by atoms with van der Waals surface area (Å²) in [6.45, 7) is 1.61. The molecule has 0 heterocycles. The largest absolute Gasteiger partial charge is 0.481 e. The zero-order valence-electron chi connectivity index (χ0n) is 11.4. The fourth-order valence-corrected chi connectivity index (χ4v) is 1.82. The van der Waals surface area contributed by atoms with E-state index in [0.717, 1.165) is 6.07 Å². The van der Waals surface area contributed by atoms with Gasteiger partial charge in [0.25, 0.3) is 5.91 Å². The van der Waals surface area contributed by atoms with Gasteiger partial charge in [-0.15, -0.1) is 0 Å². The highest BCUT2D eigenvalue weighted by Gasteiger charge is 2.21. The predicted molar refractivity (Wildman–Crippen MR) is 71.5 cm³/mol. The fraction of sp³-hybridized carbons (Fsp3) is 0.357. The molecule has 0 bridgehead atoms. The van der Waals surface area contributed by atoms with Gasteiger partial charge in [0.2, 0.25) is 0 Å². The Kier molecular flexibility index (Phi) is 5.83. The van der Waals surface area contributed by atoms with E-state index in [1.807, 2.05) is 0 Å². The second kappa shape index (κ2) is 7.37. The molecule has 0 unspecified atom stereocenters. The number of hydrogen-bond donors (Lipinski definition) is 3. The molecule has 1 aromatic rings. The molecule has 0 saturated carbocycles. The Balaban J connectivity index is 2.71. The molecule has 0 saturated heterocycles. The number of carboxylic acids is 2. The Morgan fingerprint density at radius 2 is 1.90 bits per heavy atom. The Morgan fingerprint density at radius 1 is 1.24 bits per heavy atom. The van der Waals surface area contributed by atoms with E-state index in [0.29, 0.717) is 5.56 Å². The third-order valence-corrected chi connectivity index (χ3v) is 2.79. The van der Waals surface area contributed by atoms with E-state index in [-0.39, 0.29) is 24.8 Å². The zero-order valence-corrected chi connectivity index (χ0v) is 11.4. The summed E-state index contributed by atoms with van der Waals surface area (Å²) in [7, 11) is 0. The first-order valence-corrected chi connectivity index (χ1v) is 6.32. The van der Waals surface area contributed by atoms with Crippen LogP contribution >= 0.6 is 0 Å². The smallest absolute Gasteiger partial charge is 0.326 e. The van der Waals surface area contributed by atoms with E-state index in [1.165, 1.54) is 12.1 Å². The van der Waals surface area contributed by atoms with Crippen molar-refractivity contribution in [3.05, 3.63) is 35.1 Å². The van der Waals surface area contributed by atoms with Crippen LogP contribution in [-0.2, 0) is 9.59 Å². The van der Waals surface area contributed by atoms with Gasteiger partial charge in [-0.25, -0.2) is 9.18 Å². The lowest BCUT2D eigenvalue weighted by Gasteiger charge is -2.14. The highest BCUT2D eigenvalue weighted by Crippen LogP contribution is 2.09. The number of aliphatic carboxylic acids is 2. The monoisotopic (exact) mass is 297 g/mol. The van der Waals surface area contributed by atoms with E-state index in [2.05, 4.69) is 5.32 Å². The maximum atomic E-state index is 13.2. The summed E-state index contributed by atoms with van der Waals surface area (Å²) in [4.78, 5) is 33.3. The fourth-order valence-electron chi connectivity index (χ4n) is 1.82. The van der Waals surface area contributed by atoms with Crippen molar-refractivity contribution >= 4 is 17.8 Å². The molecule has 0 fully saturated rings. The first-order chi connectivity index (χ1) is 9.79. The van der Waals surface area contributed by atoms with Crippen LogP contribution < -0.4 is 5.32 Å². The topological polar surface area (TPSA) is 104 Å². The second-order valence-corrected chi connectivity index (χ2v) is 4.67. The predicted octanol–water partition coefficient (Wildman–Crippen LogP) is 1.57. The molecule has 114 valence electrons. The van der Waals surface area contributed by atoms with Crippen LogP contribution in [0.1, 0.15) is 35.2 Å². The molecule has 0 aliphatic heterocycles. The number of carbonyl (C=O) groups is 3. The minimum atomic E-state index is -1.26. The van der Waals surface area contributed by atoms with Crippen molar-refractivity contribution in [2.45, 2.75) is 32.2 Å². The van der Waals surface area contributed by atoms with Crippen LogP contribution in [0, 0.1) is 12.7 Å². The van der Waals surface area contributed by atoms with Crippen molar-refractivity contribution in [3.63, 3.8) is 0 Å². The van der Waals surface area contributed by atoms with Crippen LogP contribution in [0.2, 0.25) is 0 Å². The summed E-state index contributed by atoms with van der Waals surface area (Å²) in [6.07, 6.45) is -0.0743. The molecule has 0 spiro atoms. The zero-order chi connectivity index (χ0) is 16.0. The Labute approximate surface area is 120 Å². The highest BCUT2D eigenvalue weighted by molar-refractivity contribution is 5.96. The molecule has 1 atom stereocenters. The lowest BCUT2D eigenvalue weighted by molar-refractivity contribution is -0.140. The number of aryl methyl sites for hydroxylation is 1. The van der Waals surface area contributed by atoms with Crippen molar-refractivity contribution in [2.24, 2.45) is 0 Å². The van der Waals surface area contributed by atoms with Crippen LogP contribution in [0.25, 0.3) is 0 Å². The number of halogens is 1. The van der Waals surface area contributed by atoms with E-state index < -0.39 is 29.7 Å². The Bertz CT molecular complexity index is 538. The molecule has 0 aliphatic rings. The second-order valence-electron chi connectivity index (χ2n) is 4.67. The average molecular weight is 297 g/mol. The van der Waals surface area contributed by atoms with E-state index in [4.69, 9.17) is 10.2 Å². The van der Waals surface area contributed by atoms with Crippen molar-refractivity contribution in [1.29, 1.82) is 0 Å². The first kappa shape index (κ1) is 16.6. The van der Waals surface area contributed by atoms with Crippen LogP contribution in [0.5, 0.6) is 0 Å². The number of benzene rings is 1. The summed E-state index contributed by atoms with van der Waals surface area (Å²) in [5.74, 6) is -3.59. The first-order valence-electron chi connectivity index (χ1n) is 6.32. The number of carboxylic acid groups (broad SMARTS) is 2. The molecule has 7 heteroatoms. The number of carbonyl (C=O) groups excluding carboxylic acids is 1. The van der Waals surface area contributed by atoms with E-state index in [1.54, 1.807) is 6.92 Å². The van der Waals surface area contributed by atoms with Gasteiger partial charge in [0, 0.05) is 12.0 Å². The molecule has 1 rings (SSSR count). The summed E-state index contributed by atoms with van der Waals surface area (Å²) >= 11 is 0. The van der Waals surface area contributed by atoms with Crippen molar-refractivity contribution in [2.75, 3.05) is 0 Å². The SMILES string of the molecule is Cc1cc(F)cc(C(=O)N[C@H](CCCC(=O)O)C(=O)O)c1. The van der Waals surface area contributed by atoms with Gasteiger partial charge in [-0.2, -0.15) is 0 Å². The van der Waals surface area contributed by atoms with Crippen LogP contribution in [0.15, 0.2) is 18.2 Å². The molecule has 6 nitrogen and oxygen atoms in total. The van der Waals surface area contributed by atoms with Gasteiger partial charge in [-0.1, -0.05) is 0 Å². The quantitative estimate of drug-likeness (QED) is 0.708. The third-order valence-electron chi connectivity index (χ3n) is 2.79. The molecule has 0 aromatic heterocycles. The van der Waals surface area contributed by atoms with Crippen molar-refractivity contribution in [1.82, 2.24) is 5.32 Å². The van der Waals surface area contributed by atoms with Crippen LogP contribution in [0.3, 0.4) is 0 Å². The lowest BCUT2D eigenvalue weighted by atomic mass is 10.1. The molecular weight excluding hydrogens is 281 g/mol. The molecule has 0 radical (unpaired) electrons. The number of nitrogens with one attached hydrogen (secondary N) is 1. The summed E-state index contributed by atoms with van der Waals surface area (Å²) < 4.78 is 13.2. The molecule has 0 aliphatic carbocycles. The van der Waals surface area contributed by atoms with Gasteiger partial charge in [-0.05, 0) is 43.5 Å². The van der Waals surface area contributed by atoms with Gasteiger partial charge in [0.05, 0.1) is 0 Å². The van der Waals surface area contributed by atoms with Gasteiger partial charge < -0.3 is 15.5 Å². The summed E-state index contributed by atoms with van der Waals surface area (Å²) in [5.41, 5.74) is 0.565. The normalized spacial score (nSPS) is 11.7. The van der Waals surface area contributed by atoms with Gasteiger partial charge in [0.15, 0.2) is 0 Å². The van der Waals surface area contributed by atoms with Crippen molar-refractivity contribution < 1.29 is 29.0 Å². The maximum Gasteiger partial charge on any atom is 0.326 e. The van der Waals surface area contributed by atoms with Gasteiger partial charge in [0.1, 0.15) is 11.9 Å². The van der Waals surface area contributed by atoms with Crippen molar-refractivity contribution in [3.8, 4) is 0 Å². The minimum absolute atomic E-state index is 0.0122. The molecular formula is C14H16FNO5. The van der Waals surface area contributed by atoms with E-state index in [9.17, 15) is 18.8 Å². The third kappa shape index (κ3) is 5.60. The Hall–Kier alpha value is -2.44. The number of rotatable bonds is 7. The minimum Gasteiger partial charge on any atom is -0.481 e. The summed E-state index contributed by atoms with van der Waals surface area (Å²) in [6, 6.07) is 2.49. The van der Waals surface area contributed by atoms with Crippen LogP contribution in [-0.4, -0.2) is 34.1 Å².